The van der Waals surface area contributed by atoms with Crippen molar-refractivity contribution < 1.29 is 9.53 Å². The van der Waals surface area contributed by atoms with E-state index >= 15 is 0 Å². The number of carbonyl (C=O) groups is 1. The van der Waals surface area contributed by atoms with Gasteiger partial charge in [0.15, 0.2) is 0 Å². The lowest BCUT2D eigenvalue weighted by atomic mass is 9.82. The average Bonchev–Trinajstić information content (AvgIpc) is 2.48. The van der Waals surface area contributed by atoms with Gasteiger partial charge in [-0.05, 0) is 31.4 Å². The van der Waals surface area contributed by atoms with Crippen molar-refractivity contribution in [3.8, 4) is 5.75 Å². The monoisotopic (exact) mass is 312 g/mol. The minimum Gasteiger partial charge on any atom is -0.494 e. The fourth-order valence-electron chi connectivity index (χ4n) is 2.57. The highest BCUT2D eigenvalue weighted by atomic mass is 35.5. The maximum absolute atomic E-state index is 12.1. The normalized spacial score (nSPS) is 16.6. The third-order valence-electron chi connectivity index (χ3n) is 3.82. The topological polar surface area (TPSA) is 64.4 Å². The second-order valence-electron chi connectivity index (χ2n) is 5.49. The van der Waals surface area contributed by atoms with Crippen LogP contribution in [0.1, 0.15) is 38.5 Å². The van der Waals surface area contributed by atoms with Crippen molar-refractivity contribution in [2.45, 2.75) is 44.1 Å². The first-order chi connectivity index (χ1) is 9.71. The van der Waals surface area contributed by atoms with Gasteiger partial charge < -0.3 is 15.8 Å². The Bertz CT molecular complexity index is 420. The van der Waals surface area contributed by atoms with Crippen LogP contribution in [0.25, 0.3) is 0 Å². The van der Waals surface area contributed by atoms with Gasteiger partial charge in [0.25, 0.3) is 0 Å². The summed E-state index contributed by atoms with van der Waals surface area (Å²) in [5.41, 5.74) is 5.52. The van der Waals surface area contributed by atoms with Crippen molar-refractivity contribution in [3.05, 3.63) is 30.3 Å². The third-order valence-corrected chi connectivity index (χ3v) is 3.82. The predicted molar refractivity (Wildman–Crippen MR) is 86.8 cm³/mol. The molecule has 0 bridgehead atoms. The number of hydrogen-bond donors (Lipinski definition) is 2. The Morgan fingerprint density at radius 2 is 1.86 bits per heavy atom. The van der Waals surface area contributed by atoms with Gasteiger partial charge in [-0.1, -0.05) is 37.5 Å². The molecule has 21 heavy (non-hydrogen) atoms. The molecule has 1 aliphatic carbocycles. The Labute approximate surface area is 132 Å². The summed E-state index contributed by atoms with van der Waals surface area (Å²) in [4.78, 5) is 12.1. The van der Waals surface area contributed by atoms with Crippen LogP contribution in [0.5, 0.6) is 5.75 Å². The molecule has 1 amide bonds. The Balaban J connectivity index is 0.00000220. The number of benzene rings is 1. The number of amides is 1. The molecule has 118 valence electrons. The number of para-hydroxylation sites is 1. The van der Waals surface area contributed by atoms with Gasteiger partial charge in [-0.25, -0.2) is 0 Å². The van der Waals surface area contributed by atoms with Gasteiger partial charge in [0, 0.05) is 6.54 Å². The van der Waals surface area contributed by atoms with Gasteiger partial charge in [-0.3, -0.25) is 4.79 Å². The maximum atomic E-state index is 12.1. The summed E-state index contributed by atoms with van der Waals surface area (Å²) in [5.74, 6) is 0.860. The number of carbonyl (C=O) groups excluding carboxylic acids is 1. The molecule has 0 atom stereocenters. The zero-order valence-electron chi connectivity index (χ0n) is 12.3. The summed E-state index contributed by atoms with van der Waals surface area (Å²) in [6.07, 6.45) is 5.70. The molecule has 0 unspecified atom stereocenters. The highest BCUT2D eigenvalue weighted by molar-refractivity contribution is 5.86. The standard InChI is InChI=1S/C16H24N2O2.ClH/c17-16(10-5-2-6-11-16)15(19)18-12-7-13-20-14-8-3-1-4-9-14;/h1,3-4,8-9H,2,5-7,10-13,17H2,(H,18,19);1H. The fraction of sp³-hybridized carbons (Fsp3) is 0.562. The molecule has 1 aromatic carbocycles. The summed E-state index contributed by atoms with van der Waals surface area (Å²) in [5, 5.41) is 2.94. The molecule has 0 heterocycles. The van der Waals surface area contributed by atoms with E-state index in [0.29, 0.717) is 13.2 Å². The molecule has 0 aromatic heterocycles. The van der Waals surface area contributed by atoms with Gasteiger partial charge in [-0.2, -0.15) is 0 Å². The zero-order chi connectivity index (χ0) is 14.3. The molecule has 5 heteroatoms. The lowest BCUT2D eigenvalue weighted by Crippen LogP contribution is -2.55. The number of rotatable bonds is 6. The molecule has 0 spiro atoms. The molecule has 1 fully saturated rings. The average molecular weight is 313 g/mol. The van der Waals surface area contributed by atoms with E-state index in [1.165, 1.54) is 6.42 Å². The van der Waals surface area contributed by atoms with E-state index in [2.05, 4.69) is 5.32 Å². The van der Waals surface area contributed by atoms with Crippen molar-refractivity contribution in [2.24, 2.45) is 5.73 Å². The van der Waals surface area contributed by atoms with Gasteiger partial charge in [0.2, 0.25) is 5.91 Å². The van der Waals surface area contributed by atoms with Crippen LogP contribution in [-0.2, 0) is 4.79 Å². The number of nitrogens with one attached hydrogen (secondary N) is 1. The summed E-state index contributed by atoms with van der Waals surface area (Å²) in [6, 6.07) is 9.69. The summed E-state index contributed by atoms with van der Waals surface area (Å²) < 4.78 is 5.58. The van der Waals surface area contributed by atoms with Crippen LogP contribution in [0.3, 0.4) is 0 Å². The largest absolute Gasteiger partial charge is 0.494 e. The van der Waals surface area contributed by atoms with E-state index in [-0.39, 0.29) is 18.3 Å². The van der Waals surface area contributed by atoms with E-state index in [1.54, 1.807) is 0 Å². The first kappa shape index (κ1) is 17.8. The Kier molecular flexibility index (Phi) is 7.54. The molecular weight excluding hydrogens is 288 g/mol. The molecular formula is C16H25ClN2O2. The Morgan fingerprint density at radius 1 is 1.19 bits per heavy atom. The SMILES string of the molecule is Cl.NC1(C(=O)NCCCOc2ccccc2)CCCCC1. The van der Waals surface area contributed by atoms with Crippen LogP contribution >= 0.6 is 12.4 Å². The second kappa shape index (κ2) is 8.90. The number of hydrogen-bond acceptors (Lipinski definition) is 3. The van der Waals surface area contributed by atoms with Crippen LogP contribution in [-0.4, -0.2) is 24.6 Å². The highest BCUT2D eigenvalue weighted by Gasteiger charge is 2.34. The van der Waals surface area contributed by atoms with Crippen LogP contribution in [0.2, 0.25) is 0 Å². The van der Waals surface area contributed by atoms with E-state index in [4.69, 9.17) is 10.5 Å². The lowest BCUT2D eigenvalue weighted by Gasteiger charge is -2.31. The molecule has 0 saturated heterocycles. The molecule has 3 N–H and O–H groups in total. The van der Waals surface area contributed by atoms with Crippen molar-refractivity contribution >= 4 is 18.3 Å². The van der Waals surface area contributed by atoms with Crippen LogP contribution in [0, 0.1) is 0 Å². The first-order valence-electron chi connectivity index (χ1n) is 7.46. The van der Waals surface area contributed by atoms with Crippen LogP contribution in [0.15, 0.2) is 30.3 Å². The Morgan fingerprint density at radius 3 is 2.52 bits per heavy atom. The highest BCUT2D eigenvalue weighted by Crippen LogP contribution is 2.25. The summed E-state index contributed by atoms with van der Waals surface area (Å²) in [6.45, 7) is 1.21. The quantitative estimate of drug-likeness (QED) is 0.794. The smallest absolute Gasteiger partial charge is 0.240 e. The summed E-state index contributed by atoms with van der Waals surface area (Å²) in [7, 11) is 0. The number of nitrogens with two attached hydrogens (primary N) is 1. The van der Waals surface area contributed by atoms with Gasteiger partial charge in [0.1, 0.15) is 5.75 Å². The predicted octanol–water partition coefficient (Wildman–Crippen LogP) is 2.66. The molecule has 1 aromatic rings. The second-order valence-corrected chi connectivity index (χ2v) is 5.49. The molecule has 0 radical (unpaired) electrons. The van der Waals surface area contributed by atoms with Gasteiger partial charge in [-0.15, -0.1) is 12.4 Å². The molecule has 0 aliphatic heterocycles. The summed E-state index contributed by atoms with van der Waals surface area (Å²) >= 11 is 0. The Hall–Kier alpha value is -1.26. The molecule has 4 nitrogen and oxygen atoms in total. The zero-order valence-corrected chi connectivity index (χ0v) is 13.2. The molecule has 1 saturated carbocycles. The molecule has 1 aliphatic rings. The van der Waals surface area contributed by atoms with E-state index < -0.39 is 5.54 Å². The van der Waals surface area contributed by atoms with Crippen LogP contribution in [0.4, 0.5) is 0 Å². The number of ether oxygens (including phenoxy) is 1. The van der Waals surface area contributed by atoms with E-state index in [0.717, 1.165) is 37.9 Å². The lowest BCUT2D eigenvalue weighted by molar-refractivity contribution is -0.127. The van der Waals surface area contributed by atoms with Crippen LogP contribution < -0.4 is 15.8 Å². The van der Waals surface area contributed by atoms with Crippen molar-refractivity contribution in [2.75, 3.05) is 13.2 Å². The van der Waals surface area contributed by atoms with E-state index in [9.17, 15) is 4.79 Å². The van der Waals surface area contributed by atoms with Gasteiger partial charge in [0.05, 0.1) is 12.1 Å². The van der Waals surface area contributed by atoms with Crippen molar-refractivity contribution in [1.29, 1.82) is 0 Å². The fourth-order valence-corrected chi connectivity index (χ4v) is 2.57. The third kappa shape index (κ3) is 5.56. The maximum Gasteiger partial charge on any atom is 0.240 e. The first-order valence-corrected chi connectivity index (χ1v) is 7.46. The minimum atomic E-state index is -0.640. The van der Waals surface area contributed by atoms with Gasteiger partial charge >= 0.3 is 0 Å². The van der Waals surface area contributed by atoms with Crippen molar-refractivity contribution in [1.82, 2.24) is 5.32 Å². The van der Waals surface area contributed by atoms with Crippen molar-refractivity contribution in [3.63, 3.8) is 0 Å². The molecule has 2 rings (SSSR count). The van der Waals surface area contributed by atoms with E-state index in [1.807, 2.05) is 30.3 Å². The number of halogens is 1. The minimum absolute atomic E-state index is 0.